The van der Waals surface area contributed by atoms with Gasteiger partial charge in [0, 0.05) is 17.9 Å². The summed E-state index contributed by atoms with van der Waals surface area (Å²) in [6, 6.07) is 5.93. The summed E-state index contributed by atoms with van der Waals surface area (Å²) < 4.78 is 10.9. The lowest BCUT2D eigenvalue weighted by Gasteiger charge is -2.15. The van der Waals surface area contributed by atoms with E-state index in [2.05, 4.69) is 25.2 Å². The van der Waals surface area contributed by atoms with Crippen molar-refractivity contribution < 1.29 is 9.47 Å². The van der Waals surface area contributed by atoms with Crippen molar-refractivity contribution in [2.75, 3.05) is 26.1 Å². The monoisotopic (exact) mass is 274 g/mol. The first-order chi connectivity index (χ1) is 9.74. The van der Waals surface area contributed by atoms with Gasteiger partial charge in [-0.25, -0.2) is 4.98 Å². The van der Waals surface area contributed by atoms with Crippen molar-refractivity contribution in [3.05, 3.63) is 23.9 Å². The molecule has 0 unspecified atom stereocenters. The Labute approximate surface area is 120 Å². The van der Waals surface area contributed by atoms with E-state index in [-0.39, 0.29) is 0 Å². The molecule has 0 aliphatic rings. The molecule has 1 aromatic heterocycles. The topological polar surface area (TPSA) is 43.4 Å². The van der Waals surface area contributed by atoms with Crippen LogP contribution in [0.2, 0.25) is 0 Å². The minimum Gasteiger partial charge on any atom is -0.496 e. The highest BCUT2D eigenvalue weighted by Crippen LogP contribution is 2.37. The third-order valence-corrected chi connectivity index (χ3v) is 3.25. The van der Waals surface area contributed by atoms with E-state index >= 15 is 0 Å². The minimum atomic E-state index is 0.776. The molecule has 2 rings (SSSR count). The van der Waals surface area contributed by atoms with E-state index in [0.29, 0.717) is 0 Å². The Hall–Kier alpha value is -1.97. The molecule has 1 aromatic carbocycles. The molecule has 0 fully saturated rings. The molecule has 0 saturated heterocycles. The zero-order chi connectivity index (χ0) is 14.5. The smallest absolute Gasteiger partial charge is 0.145 e. The molecule has 4 heteroatoms. The predicted molar refractivity (Wildman–Crippen MR) is 83.0 cm³/mol. The Kier molecular flexibility index (Phi) is 4.66. The Morgan fingerprint density at radius 1 is 1.10 bits per heavy atom. The summed E-state index contributed by atoms with van der Waals surface area (Å²) in [5.41, 5.74) is 2.98. The first kappa shape index (κ1) is 14.4. The van der Waals surface area contributed by atoms with E-state index < -0.39 is 0 Å². The van der Waals surface area contributed by atoms with E-state index in [4.69, 9.17) is 14.5 Å². The number of nitrogens with one attached hydrogen (secondary N) is 1. The first-order valence-corrected chi connectivity index (χ1v) is 7.03. The van der Waals surface area contributed by atoms with Crippen molar-refractivity contribution in [1.29, 1.82) is 0 Å². The van der Waals surface area contributed by atoms with Gasteiger partial charge in [-0.2, -0.15) is 0 Å². The number of pyridine rings is 1. The quantitative estimate of drug-likeness (QED) is 0.873. The van der Waals surface area contributed by atoms with Gasteiger partial charge < -0.3 is 14.8 Å². The van der Waals surface area contributed by atoms with Gasteiger partial charge in [0.1, 0.15) is 17.0 Å². The van der Waals surface area contributed by atoms with Crippen molar-refractivity contribution in [3.63, 3.8) is 0 Å². The number of rotatable bonds is 6. The third-order valence-electron chi connectivity index (χ3n) is 3.25. The summed E-state index contributed by atoms with van der Waals surface area (Å²) in [7, 11) is 3.35. The predicted octanol–water partition coefficient (Wildman–Crippen LogP) is 3.64. The number of benzene rings is 1. The van der Waals surface area contributed by atoms with Crippen LogP contribution in [0, 0.1) is 0 Å². The summed E-state index contributed by atoms with van der Waals surface area (Å²) >= 11 is 0. The molecule has 0 saturated carbocycles. The minimum absolute atomic E-state index is 0.776. The maximum absolute atomic E-state index is 5.48. The number of anilines is 1. The molecule has 0 radical (unpaired) electrons. The zero-order valence-electron chi connectivity index (χ0n) is 12.6. The van der Waals surface area contributed by atoms with E-state index in [1.165, 1.54) is 0 Å². The van der Waals surface area contributed by atoms with Gasteiger partial charge in [-0.1, -0.05) is 13.3 Å². The highest BCUT2D eigenvalue weighted by atomic mass is 16.5. The molecule has 0 aliphatic carbocycles. The largest absolute Gasteiger partial charge is 0.496 e. The van der Waals surface area contributed by atoms with Gasteiger partial charge in [-0.3, -0.25) is 0 Å². The maximum atomic E-state index is 5.48. The summed E-state index contributed by atoms with van der Waals surface area (Å²) in [6.45, 7) is 5.09. The Balaban J connectivity index is 2.75. The molecule has 108 valence electrons. The molecule has 1 N–H and O–H groups in total. The number of aryl methyl sites for hydroxylation is 1. The summed E-state index contributed by atoms with van der Waals surface area (Å²) in [5, 5.41) is 4.38. The number of nitrogens with zero attached hydrogens (tertiary/aromatic N) is 1. The molecule has 4 nitrogen and oxygen atoms in total. The lowest BCUT2D eigenvalue weighted by Crippen LogP contribution is -2.03. The number of methoxy groups -OCH3 is 2. The maximum Gasteiger partial charge on any atom is 0.145 e. The van der Waals surface area contributed by atoms with E-state index in [1.807, 2.05) is 12.1 Å². The number of ether oxygens (including phenoxy) is 2. The molecule has 20 heavy (non-hydrogen) atoms. The second kappa shape index (κ2) is 6.46. The lowest BCUT2D eigenvalue weighted by atomic mass is 10.1. The zero-order valence-corrected chi connectivity index (χ0v) is 12.6. The highest BCUT2D eigenvalue weighted by Gasteiger charge is 2.14. The Morgan fingerprint density at radius 2 is 1.80 bits per heavy atom. The van der Waals surface area contributed by atoms with Crippen molar-refractivity contribution in [3.8, 4) is 11.5 Å². The van der Waals surface area contributed by atoms with Crippen LogP contribution >= 0.6 is 0 Å². The van der Waals surface area contributed by atoms with Crippen LogP contribution in [-0.4, -0.2) is 25.7 Å². The molecule has 0 spiro atoms. The van der Waals surface area contributed by atoms with E-state index in [1.54, 1.807) is 14.2 Å². The Morgan fingerprint density at radius 3 is 2.40 bits per heavy atom. The molecule has 0 bridgehead atoms. The first-order valence-electron chi connectivity index (χ1n) is 7.03. The van der Waals surface area contributed by atoms with Crippen LogP contribution < -0.4 is 14.8 Å². The number of aromatic nitrogens is 1. The average Bonchev–Trinajstić information content (AvgIpc) is 2.46. The number of hydrogen-bond donors (Lipinski definition) is 1. The fourth-order valence-electron chi connectivity index (χ4n) is 2.39. The van der Waals surface area contributed by atoms with E-state index in [9.17, 15) is 0 Å². The fourth-order valence-corrected chi connectivity index (χ4v) is 2.39. The average molecular weight is 274 g/mol. The number of hydrogen-bond acceptors (Lipinski definition) is 4. The second-order valence-corrected chi connectivity index (χ2v) is 4.64. The van der Waals surface area contributed by atoms with Crippen LogP contribution in [0.1, 0.15) is 26.0 Å². The van der Waals surface area contributed by atoms with Gasteiger partial charge in [-0.15, -0.1) is 0 Å². The highest BCUT2D eigenvalue weighted by molar-refractivity contribution is 6.00. The summed E-state index contributed by atoms with van der Waals surface area (Å²) in [6.07, 6.45) is 2.02. The molecule has 0 amide bonds. The van der Waals surface area contributed by atoms with Gasteiger partial charge in [-0.05, 0) is 31.5 Å². The molecule has 0 aliphatic heterocycles. The van der Waals surface area contributed by atoms with Crippen LogP contribution in [0.5, 0.6) is 11.5 Å². The summed E-state index contributed by atoms with van der Waals surface area (Å²) in [4.78, 5) is 4.74. The molecule has 2 aromatic rings. The van der Waals surface area contributed by atoms with Crippen molar-refractivity contribution >= 4 is 16.6 Å². The Bertz CT molecular complexity index is 597. The molecule has 0 atom stereocenters. The molecular weight excluding hydrogens is 252 g/mol. The fraction of sp³-hybridized carbons (Fsp3) is 0.438. The standard InChI is InChI=1S/C16H22N2O2/c1-5-7-11-10-12(17-6-2)15-13(19-3)8-9-14(20-4)16(15)18-11/h8-10H,5-7H2,1-4H3,(H,17,18). The van der Waals surface area contributed by atoms with Crippen LogP contribution in [-0.2, 0) is 6.42 Å². The molecular formula is C16H22N2O2. The van der Waals surface area contributed by atoms with Crippen molar-refractivity contribution in [2.24, 2.45) is 0 Å². The van der Waals surface area contributed by atoms with Crippen molar-refractivity contribution in [1.82, 2.24) is 4.98 Å². The van der Waals surface area contributed by atoms with Gasteiger partial charge in [0.2, 0.25) is 0 Å². The van der Waals surface area contributed by atoms with Gasteiger partial charge in [0.05, 0.1) is 19.6 Å². The van der Waals surface area contributed by atoms with Crippen LogP contribution in [0.25, 0.3) is 10.9 Å². The normalized spacial score (nSPS) is 10.6. The van der Waals surface area contributed by atoms with Crippen LogP contribution in [0.4, 0.5) is 5.69 Å². The van der Waals surface area contributed by atoms with Crippen LogP contribution in [0.15, 0.2) is 18.2 Å². The second-order valence-electron chi connectivity index (χ2n) is 4.64. The van der Waals surface area contributed by atoms with Gasteiger partial charge >= 0.3 is 0 Å². The van der Waals surface area contributed by atoms with Crippen LogP contribution in [0.3, 0.4) is 0 Å². The lowest BCUT2D eigenvalue weighted by molar-refractivity contribution is 0.409. The molecule has 1 heterocycles. The van der Waals surface area contributed by atoms with Gasteiger partial charge in [0.15, 0.2) is 0 Å². The summed E-state index contributed by atoms with van der Waals surface area (Å²) in [5.74, 6) is 1.59. The number of fused-ring (bicyclic) bond motifs is 1. The third kappa shape index (κ3) is 2.64. The van der Waals surface area contributed by atoms with E-state index in [0.717, 1.165) is 53.2 Å². The SMILES string of the molecule is CCCc1cc(NCC)c2c(OC)ccc(OC)c2n1. The van der Waals surface area contributed by atoms with Gasteiger partial charge in [0.25, 0.3) is 0 Å². The van der Waals surface area contributed by atoms with Crippen molar-refractivity contribution in [2.45, 2.75) is 26.7 Å².